The summed E-state index contributed by atoms with van der Waals surface area (Å²) in [5.74, 6) is 1.60. The topological polar surface area (TPSA) is 44.8 Å². The van der Waals surface area contributed by atoms with E-state index in [0.717, 1.165) is 17.4 Å². The van der Waals surface area contributed by atoms with Crippen LogP contribution in [0.15, 0.2) is 42.5 Å². The minimum Gasteiger partial charge on any atom is -0.497 e. The highest BCUT2D eigenvalue weighted by Gasteiger charge is 2.19. The number of hydrogen-bond donors (Lipinski definition) is 0. The summed E-state index contributed by atoms with van der Waals surface area (Å²) >= 11 is 0. The van der Waals surface area contributed by atoms with Gasteiger partial charge in [-0.05, 0) is 35.9 Å². The highest BCUT2D eigenvalue weighted by atomic mass is 16.5. The molecule has 0 aliphatic rings. The SMILES string of the molecule is COc1cccc(C(C=O)c2cc(OC)ccc2OC)c1. The van der Waals surface area contributed by atoms with E-state index in [1.807, 2.05) is 30.3 Å². The molecule has 0 fully saturated rings. The van der Waals surface area contributed by atoms with Crippen molar-refractivity contribution in [3.8, 4) is 17.2 Å². The number of benzene rings is 2. The van der Waals surface area contributed by atoms with Crippen molar-refractivity contribution in [3.63, 3.8) is 0 Å². The Balaban J connectivity index is 2.51. The molecule has 110 valence electrons. The molecule has 0 spiro atoms. The van der Waals surface area contributed by atoms with Crippen LogP contribution in [0.1, 0.15) is 17.0 Å². The summed E-state index contributed by atoms with van der Waals surface area (Å²) < 4.78 is 15.8. The molecule has 0 saturated carbocycles. The molecule has 21 heavy (non-hydrogen) atoms. The van der Waals surface area contributed by atoms with Crippen molar-refractivity contribution in [2.24, 2.45) is 0 Å². The number of carbonyl (C=O) groups is 1. The fourth-order valence-electron chi connectivity index (χ4n) is 2.25. The highest BCUT2D eigenvalue weighted by molar-refractivity contribution is 5.71. The number of aldehydes is 1. The molecule has 0 aromatic heterocycles. The predicted octanol–water partition coefficient (Wildman–Crippen LogP) is 3.04. The average molecular weight is 286 g/mol. The van der Waals surface area contributed by atoms with E-state index in [9.17, 15) is 4.79 Å². The lowest BCUT2D eigenvalue weighted by molar-refractivity contribution is -0.108. The van der Waals surface area contributed by atoms with Crippen molar-refractivity contribution in [3.05, 3.63) is 53.6 Å². The van der Waals surface area contributed by atoms with Crippen LogP contribution in [0, 0.1) is 0 Å². The molecule has 0 bridgehead atoms. The summed E-state index contributed by atoms with van der Waals surface area (Å²) in [6.45, 7) is 0. The van der Waals surface area contributed by atoms with Crippen molar-refractivity contribution in [1.29, 1.82) is 0 Å². The van der Waals surface area contributed by atoms with E-state index >= 15 is 0 Å². The minimum absolute atomic E-state index is 0.440. The van der Waals surface area contributed by atoms with E-state index in [2.05, 4.69) is 0 Å². The Kier molecular flexibility index (Phi) is 4.82. The van der Waals surface area contributed by atoms with Gasteiger partial charge in [-0.1, -0.05) is 12.1 Å². The highest BCUT2D eigenvalue weighted by Crippen LogP contribution is 2.34. The molecule has 1 unspecified atom stereocenters. The fraction of sp³-hybridized carbons (Fsp3) is 0.235. The van der Waals surface area contributed by atoms with E-state index in [1.54, 1.807) is 33.5 Å². The first-order valence-corrected chi connectivity index (χ1v) is 6.54. The molecule has 2 aromatic carbocycles. The first kappa shape index (κ1) is 14.9. The Morgan fingerprint density at radius 1 is 0.905 bits per heavy atom. The first-order valence-electron chi connectivity index (χ1n) is 6.54. The maximum atomic E-state index is 11.6. The van der Waals surface area contributed by atoms with Gasteiger partial charge in [0, 0.05) is 5.56 Å². The maximum absolute atomic E-state index is 11.6. The standard InChI is InChI=1S/C17H18O4/c1-19-13-6-4-5-12(9-13)16(11-18)15-10-14(20-2)7-8-17(15)21-3/h4-11,16H,1-3H3. The van der Waals surface area contributed by atoms with Crippen LogP contribution in [-0.2, 0) is 4.79 Å². The summed E-state index contributed by atoms with van der Waals surface area (Å²) in [5.41, 5.74) is 1.61. The van der Waals surface area contributed by atoms with Crippen LogP contribution in [0.4, 0.5) is 0 Å². The van der Waals surface area contributed by atoms with Gasteiger partial charge in [-0.15, -0.1) is 0 Å². The molecule has 4 heteroatoms. The van der Waals surface area contributed by atoms with Gasteiger partial charge in [0.1, 0.15) is 23.5 Å². The monoisotopic (exact) mass is 286 g/mol. The van der Waals surface area contributed by atoms with Crippen LogP contribution in [-0.4, -0.2) is 27.6 Å². The minimum atomic E-state index is -0.440. The second kappa shape index (κ2) is 6.79. The van der Waals surface area contributed by atoms with Gasteiger partial charge in [0.15, 0.2) is 0 Å². The molecule has 0 aliphatic heterocycles. The van der Waals surface area contributed by atoms with Gasteiger partial charge in [-0.2, -0.15) is 0 Å². The Morgan fingerprint density at radius 2 is 1.62 bits per heavy atom. The Hall–Kier alpha value is -2.49. The summed E-state index contributed by atoms with van der Waals surface area (Å²) in [4.78, 5) is 11.6. The lowest BCUT2D eigenvalue weighted by Crippen LogP contribution is -2.05. The van der Waals surface area contributed by atoms with Gasteiger partial charge in [0.2, 0.25) is 0 Å². The molecule has 0 N–H and O–H groups in total. The lowest BCUT2D eigenvalue weighted by atomic mass is 9.91. The third-order valence-electron chi connectivity index (χ3n) is 3.36. The van der Waals surface area contributed by atoms with E-state index in [4.69, 9.17) is 14.2 Å². The quantitative estimate of drug-likeness (QED) is 0.766. The molecule has 0 radical (unpaired) electrons. The normalized spacial score (nSPS) is 11.6. The summed E-state index contributed by atoms with van der Waals surface area (Å²) in [6.07, 6.45) is 0.895. The van der Waals surface area contributed by atoms with Gasteiger partial charge in [0.25, 0.3) is 0 Å². The largest absolute Gasteiger partial charge is 0.497 e. The van der Waals surface area contributed by atoms with Crippen LogP contribution in [0.25, 0.3) is 0 Å². The molecule has 1 atom stereocenters. The van der Waals surface area contributed by atoms with E-state index in [-0.39, 0.29) is 0 Å². The summed E-state index contributed by atoms with van der Waals surface area (Å²) in [6, 6.07) is 12.8. The fourth-order valence-corrected chi connectivity index (χ4v) is 2.25. The van der Waals surface area contributed by atoms with Crippen LogP contribution in [0.3, 0.4) is 0 Å². The number of methoxy groups -OCH3 is 3. The summed E-state index contributed by atoms with van der Waals surface area (Å²) in [5, 5.41) is 0. The smallest absolute Gasteiger partial charge is 0.131 e. The van der Waals surface area contributed by atoms with E-state index in [0.29, 0.717) is 17.2 Å². The van der Waals surface area contributed by atoms with Crippen molar-refractivity contribution in [1.82, 2.24) is 0 Å². The molecule has 0 heterocycles. The summed E-state index contributed by atoms with van der Waals surface area (Å²) in [7, 11) is 4.77. The zero-order chi connectivity index (χ0) is 15.2. The molecular formula is C17H18O4. The number of hydrogen-bond acceptors (Lipinski definition) is 4. The Bertz CT molecular complexity index is 622. The maximum Gasteiger partial charge on any atom is 0.131 e. The third-order valence-corrected chi connectivity index (χ3v) is 3.36. The van der Waals surface area contributed by atoms with Crippen molar-refractivity contribution in [2.45, 2.75) is 5.92 Å². The third kappa shape index (κ3) is 3.16. The number of carbonyl (C=O) groups excluding carboxylic acids is 1. The van der Waals surface area contributed by atoms with Gasteiger partial charge in [-0.25, -0.2) is 0 Å². The average Bonchev–Trinajstić information content (AvgIpc) is 2.55. The Labute approximate surface area is 124 Å². The molecule has 0 aliphatic carbocycles. The molecule has 0 amide bonds. The van der Waals surface area contributed by atoms with Gasteiger partial charge in [0.05, 0.1) is 27.2 Å². The molecule has 0 saturated heterocycles. The lowest BCUT2D eigenvalue weighted by Gasteiger charge is -2.17. The van der Waals surface area contributed by atoms with Gasteiger partial charge < -0.3 is 19.0 Å². The van der Waals surface area contributed by atoms with Gasteiger partial charge in [-0.3, -0.25) is 0 Å². The van der Waals surface area contributed by atoms with Crippen molar-refractivity contribution >= 4 is 6.29 Å². The van der Waals surface area contributed by atoms with Crippen LogP contribution in [0.5, 0.6) is 17.2 Å². The molecule has 2 rings (SSSR count). The van der Waals surface area contributed by atoms with Crippen LogP contribution in [0.2, 0.25) is 0 Å². The molecule has 4 nitrogen and oxygen atoms in total. The van der Waals surface area contributed by atoms with Crippen molar-refractivity contribution in [2.75, 3.05) is 21.3 Å². The van der Waals surface area contributed by atoms with E-state index < -0.39 is 5.92 Å². The molecular weight excluding hydrogens is 268 g/mol. The van der Waals surface area contributed by atoms with Crippen molar-refractivity contribution < 1.29 is 19.0 Å². The van der Waals surface area contributed by atoms with Crippen LogP contribution < -0.4 is 14.2 Å². The van der Waals surface area contributed by atoms with E-state index in [1.165, 1.54) is 0 Å². The predicted molar refractivity (Wildman–Crippen MR) is 80.4 cm³/mol. The zero-order valence-electron chi connectivity index (χ0n) is 12.3. The zero-order valence-corrected chi connectivity index (χ0v) is 12.3. The second-order valence-electron chi connectivity index (χ2n) is 4.50. The Morgan fingerprint density at radius 3 is 2.24 bits per heavy atom. The number of rotatable bonds is 6. The van der Waals surface area contributed by atoms with Crippen LogP contribution >= 0.6 is 0 Å². The number of ether oxygens (including phenoxy) is 3. The molecule has 2 aromatic rings. The second-order valence-corrected chi connectivity index (χ2v) is 4.50. The first-order chi connectivity index (χ1) is 10.2. The van der Waals surface area contributed by atoms with Gasteiger partial charge >= 0.3 is 0 Å².